The summed E-state index contributed by atoms with van der Waals surface area (Å²) in [4.78, 5) is 28.1. The number of benzene rings is 1. The van der Waals surface area contributed by atoms with E-state index in [1.54, 1.807) is 6.20 Å². The Balaban J connectivity index is 1.57. The van der Waals surface area contributed by atoms with E-state index in [0.29, 0.717) is 25.2 Å². The number of aromatic nitrogens is 1. The minimum atomic E-state index is -0.802. The van der Waals surface area contributed by atoms with E-state index in [1.807, 2.05) is 49.4 Å². The molecule has 1 aromatic carbocycles. The Bertz CT molecular complexity index is 809. The minimum Gasteiger partial charge on any atom is -0.487 e. The number of nitrogens with one attached hydrogen (secondary N) is 1. The smallest absolute Gasteiger partial charge is 0.306 e. The number of amides is 1. The first-order valence-electron chi connectivity index (χ1n) is 9.69. The van der Waals surface area contributed by atoms with Gasteiger partial charge in [0.1, 0.15) is 12.4 Å². The van der Waals surface area contributed by atoms with E-state index in [1.165, 1.54) is 0 Å². The maximum Gasteiger partial charge on any atom is 0.306 e. The summed E-state index contributed by atoms with van der Waals surface area (Å²) < 4.78 is 5.80. The van der Waals surface area contributed by atoms with Crippen LogP contribution < -0.4 is 10.1 Å². The summed E-state index contributed by atoms with van der Waals surface area (Å²) in [7, 11) is 0. The average Bonchev–Trinajstić information content (AvgIpc) is 2.73. The Hall–Kier alpha value is -2.89. The molecule has 1 aromatic heterocycles. The molecule has 1 saturated carbocycles. The largest absolute Gasteiger partial charge is 0.487 e. The molecule has 1 fully saturated rings. The van der Waals surface area contributed by atoms with Crippen LogP contribution >= 0.6 is 0 Å². The van der Waals surface area contributed by atoms with Crippen LogP contribution in [0.2, 0.25) is 0 Å². The van der Waals surface area contributed by atoms with Crippen LogP contribution in [-0.2, 0) is 16.2 Å². The molecule has 1 aliphatic carbocycles. The van der Waals surface area contributed by atoms with Crippen molar-refractivity contribution in [3.8, 4) is 5.75 Å². The number of carboxylic acid groups (broad SMARTS) is 1. The highest BCUT2D eigenvalue weighted by Crippen LogP contribution is 2.30. The first-order chi connectivity index (χ1) is 13.5. The van der Waals surface area contributed by atoms with Crippen molar-refractivity contribution in [3.63, 3.8) is 0 Å². The van der Waals surface area contributed by atoms with Gasteiger partial charge in [0, 0.05) is 12.1 Å². The zero-order valence-corrected chi connectivity index (χ0v) is 16.0. The Morgan fingerprint density at radius 1 is 1.21 bits per heavy atom. The summed E-state index contributed by atoms with van der Waals surface area (Å²) in [6, 6.07) is 13.1. The van der Waals surface area contributed by atoms with Crippen LogP contribution in [-0.4, -0.2) is 22.0 Å². The molecule has 28 heavy (non-hydrogen) atoms. The number of carbonyl (C=O) groups excluding carboxylic acids is 1. The Morgan fingerprint density at radius 3 is 2.79 bits per heavy atom. The second-order valence-corrected chi connectivity index (χ2v) is 7.31. The molecule has 2 N–H and O–H groups in total. The van der Waals surface area contributed by atoms with Crippen LogP contribution in [0, 0.1) is 11.8 Å². The van der Waals surface area contributed by atoms with Crippen molar-refractivity contribution < 1.29 is 19.4 Å². The number of carbonyl (C=O) groups is 2. The van der Waals surface area contributed by atoms with Crippen molar-refractivity contribution in [2.24, 2.45) is 11.8 Å². The summed E-state index contributed by atoms with van der Waals surface area (Å²) in [5, 5.41) is 12.2. The van der Waals surface area contributed by atoms with Gasteiger partial charge in [-0.2, -0.15) is 0 Å². The van der Waals surface area contributed by atoms with E-state index in [2.05, 4.69) is 10.3 Å². The van der Waals surface area contributed by atoms with Crippen LogP contribution in [0.15, 0.2) is 48.7 Å². The number of aliphatic carboxylic acids is 1. The molecule has 1 amide bonds. The zero-order chi connectivity index (χ0) is 19.9. The molecule has 3 rings (SSSR count). The standard InChI is InChI=1S/C22H26N2O4/c1-15(24-21(25)17-7-4-8-18(12-17)22(26)27)16-6-5-10-20(13-16)28-14-19-9-2-3-11-23-19/h2-3,5-6,9-11,13,15,17-18H,4,7-8,12,14H2,1H3,(H,24,25)(H,26,27). The summed E-state index contributed by atoms with van der Waals surface area (Å²) in [5.41, 5.74) is 1.79. The molecule has 6 nitrogen and oxygen atoms in total. The molecule has 6 heteroatoms. The van der Waals surface area contributed by atoms with Gasteiger partial charge < -0.3 is 15.2 Å². The highest BCUT2D eigenvalue weighted by Gasteiger charge is 2.31. The molecular weight excluding hydrogens is 356 g/mol. The van der Waals surface area contributed by atoms with Gasteiger partial charge in [-0.1, -0.05) is 24.6 Å². The second-order valence-electron chi connectivity index (χ2n) is 7.31. The SMILES string of the molecule is CC(NC(=O)C1CCCC(C(=O)O)C1)c1cccc(OCc2ccccn2)c1. The summed E-state index contributed by atoms with van der Waals surface area (Å²) in [5.74, 6) is -0.807. The molecule has 0 aliphatic heterocycles. The van der Waals surface area contributed by atoms with Crippen molar-refractivity contribution in [1.82, 2.24) is 10.3 Å². The van der Waals surface area contributed by atoms with E-state index in [9.17, 15) is 14.7 Å². The molecular formula is C22H26N2O4. The van der Waals surface area contributed by atoms with Gasteiger partial charge in [0.2, 0.25) is 5.91 Å². The third-order valence-corrected chi connectivity index (χ3v) is 5.22. The summed E-state index contributed by atoms with van der Waals surface area (Å²) in [6.07, 6.45) is 4.33. The predicted octanol–water partition coefficient (Wildman–Crippen LogP) is 3.73. The quantitative estimate of drug-likeness (QED) is 0.762. The van der Waals surface area contributed by atoms with E-state index >= 15 is 0 Å². The third kappa shape index (κ3) is 5.31. The maximum absolute atomic E-state index is 12.6. The lowest BCUT2D eigenvalue weighted by Gasteiger charge is -2.27. The second kappa shape index (κ2) is 9.35. The zero-order valence-electron chi connectivity index (χ0n) is 16.0. The summed E-state index contributed by atoms with van der Waals surface area (Å²) in [6.45, 7) is 2.30. The number of ether oxygens (including phenoxy) is 1. The maximum atomic E-state index is 12.6. The number of hydrogen-bond acceptors (Lipinski definition) is 4. The fourth-order valence-corrected chi connectivity index (χ4v) is 3.58. The van der Waals surface area contributed by atoms with Crippen LogP contribution in [0.25, 0.3) is 0 Å². The molecule has 0 spiro atoms. The van der Waals surface area contributed by atoms with E-state index < -0.39 is 11.9 Å². The van der Waals surface area contributed by atoms with Gasteiger partial charge in [-0.25, -0.2) is 0 Å². The molecule has 0 saturated heterocycles. The Kier molecular flexibility index (Phi) is 6.63. The third-order valence-electron chi connectivity index (χ3n) is 5.22. The van der Waals surface area contributed by atoms with Crippen LogP contribution in [0.5, 0.6) is 5.75 Å². The molecule has 1 heterocycles. The monoisotopic (exact) mass is 382 g/mol. The lowest BCUT2D eigenvalue weighted by atomic mass is 9.81. The number of nitrogens with zero attached hydrogens (tertiary/aromatic N) is 1. The van der Waals surface area contributed by atoms with Crippen molar-refractivity contribution in [2.45, 2.75) is 45.3 Å². The van der Waals surface area contributed by atoms with Gasteiger partial charge in [0.15, 0.2) is 0 Å². The minimum absolute atomic E-state index is 0.0711. The van der Waals surface area contributed by atoms with Crippen molar-refractivity contribution >= 4 is 11.9 Å². The lowest BCUT2D eigenvalue weighted by Crippen LogP contribution is -2.36. The normalized spacial score (nSPS) is 20.2. The molecule has 1 aliphatic rings. The molecule has 148 valence electrons. The van der Waals surface area contributed by atoms with E-state index in [4.69, 9.17) is 4.74 Å². The molecule has 3 unspecified atom stereocenters. The van der Waals surface area contributed by atoms with Gasteiger partial charge >= 0.3 is 5.97 Å². The highest BCUT2D eigenvalue weighted by molar-refractivity contribution is 5.80. The fraction of sp³-hybridized carbons (Fsp3) is 0.409. The molecule has 0 radical (unpaired) electrons. The lowest BCUT2D eigenvalue weighted by molar-refractivity contribution is -0.144. The molecule has 3 atom stereocenters. The van der Waals surface area contributed by atoms with Gasteiger partial charge in [-0.05, 0) is 56.0 Å². The number of rotatable bonds is 7. The van der Waals surface area contributed by atoms with Gasteiger partial charge in [-0.15, -0.1) is 0 Å². The Morgan fingerprint density at radius 2 is 2.04 bits per heavy atom. The highest BCUT2D eigenvalue weighted by atomic mass is 16.5. The number of pyridine rings is 1. The van der Waals surface area contributed by atoms with Crippen LogP contribution in [0.3, 0.4) is 0 Å². The molecule has 0 bridgehead atoms. The van der Waals surface area contributed by atoms with E-state index in [-0.39, 0.29) is 17.9 Å². The van der Waals surface area contributed by atoms with Crippen molar-refractivity contribution in [1.29, 1.82) is 0 Å². The van der Waals surface area contributed by atoms with Gasteiger partial charge in [0.25, 0.3) is 0 Å². The van der Waals surface area contributed by atoms with Gasteiger partial charge in [-0.3, -0.25) is 14.6 Å². The molecule has 2 aromatic rings. The van der Waals surface area contributed by atoms with Crippen molar-refractivity contribution in [2.75, 3.05) is 0 Å². The van der Waals surface area contributed by atoms with E-state index in [0.717, 1.165) is 24.1 Å². The number of carboxylic acids is 1. The van der Waals surface area contributed by atoms with Crippen molar-refractivity contribution in [3.05, 3.63) is 59.9 Å². The van der Waals surface area contributed by atoms with Gasteiger partial charge in [0.05, 0.1) is 17.7 Å². The number of hydrogen-bond donors (Lipinski definition) is 2. The first kappa shape index (κ1) is 19.9. The predicted molar refractivity (Wildman–Crippen MR) is 105 cm³/mol. The fourth-order valence-electron chi connectivity index (χ4n) is 3.58. The first-order valence-corrected chi connectivity index (χ1v) is 9.69. The summed E-state index contributed by atoms with van der Waals surface area (Å²) >= 11 is 0. The van der Waals surface area contributed by atoms with Crippen LogP contribution in [0.1, 0.15) is 49.9 Å². The topological polar surface area (TPSA) is 88.5 Å². The average molecular weight is 382 g/mol. The Labute approximate surface area is 164 Å². The van der Waals surface area contributed by atoms with Crippen LogP contribution in [0.4, 0.5) is 0 Å².